The Bertz CT molecular complexity index is 873. The zero-order chi connectivity index (χ0) is 18.7. The molecule has 0 saturated carbocycles. The Morgan fingerprint density at radius 2 is 1.85 bits per heavy atom. The van der Waals surface area contributed by atoms with Crippen LogP contribution in [0.15, 0.2) is 59.9 Å². The van der Waals surface area contributed by atoms with Gasteiger partial charge in [0.25, 0.3) is 5.91 Å². The molecule has 1 amide bonds. The van der Waals surface area contributed by atoms with Crippen molar-refractivity contribution in [2.24, 2.45) is 0 Å². The number of rotatable bonds is 6. The molecule has 2 aromatic carbocycles. The Hall–Kier alpha value is -3.28. The van der Waals surface area contributed by atoms with Gasteiger partial charge in [-0.2, -0.15) is 0 Å². The van der Waals surface area contributed by atoms with Crippen LogP contribution in [0.25, 0.3) is 0 Å². The van der Waals surface area contributed by atoms with Gasteiger partial charge in [0, 0.05) is 26.3 Å². The fraction of sp³-hybridized carbons (Fsp3) is 0.200. The highest BCUT2D eigenvalue weighted by atomic mass is 16.3. The van der Waals surface area contributed by atoms with Gasteiger partial charge in [0.15, 0.2) is 11.5 Å². The quantitative estimate of drug-likeness (QED) is 0.697. The molecule has 2 aromatic rings. The third-order valence-corrected chi connectivity index (χ3v) is 4.20. The predicted molar refractivity (Wildman–Crippen MR) is 99.7 cm³/mol. The number of carbonyl (C=O) groups is 2. The van der Waals surface area contributed by atoms with Crippen molar-refractivity contribution in [3.8, 4) is 5.75 Å². The maximum Gasteiger partial charge on any atom is 0.257 e. The lowest BCUT2D eigenvalue weighted by Crippen LogP contribution is -2.32. The third kappa shape index (κ3) is 3.54. The zero-order valence-corrected chi connectivity index (χ0v) is 14.7. The van der Waals surface area contributed by atoms with Gasteiger partial charge in [-0.25, -0.2) is 0 Å². The number of amides is 1. The number of nitrogens with one attached hydrogen (secondary N) is 2. The Morgan fingerprint density at radius 3 is 2.50 bits per heavy atom. The molecule has 6 nitrogen and oxygen atoms in total. The molecule has 0 atom stereocenters. The van der Waals surface area contributed by atoms with E-state index in [4.69, 9.17) is 0 Å². The van der Waals surface area contributed by atoms with Crippen molar-refractivity contribution in [1.29, 1.82) is 0 Å². The molecule has 0 bridgehead atoms. The molecule has 1 aliphatic carbocycles. The molecule has 0 radical (unpaired) electrons. The summed E-state index contributed by atoms with van der Waals surface area (Å²) < 4.78 is 0. The number of ketones is 1. The molecule has 0 aromatic heterocycles. The van der Waals surface area contributed by atoms with E-state index >= 15 is 0 Å². The van der Waals surface area contributed by atoms with E-state index in [1.807, 2.05) is 30.3 Å². The van der Waals surface area contributed by atoms with Crippen molar-refractivity contribution < 1.29 is 14.7 Å². The number of para-hydroxylation sites is 1. The first kappa shape index (κ1) is 17.5. The molecule has 0 spiro atoms. The maximum absolute atomic E-state index is 12.1. The summed E-state index contributed by atoms with van der Waals surface area (Å²) in [5.41, 5.74) is 2.85. The van der Waals surface area contributed by atoms with E-state index in [1.165, 1.54) is 4.90 Å². The summed E-state index contributed by atoms with van der Waals surface area (Å²) in [5.74, 6) is -0.507. The van der Waals surface area contributed by atoms with Gasteiger partial charge in [0.1, 0.15) is 5.70 Å². The van der Waals surface area contributed by atoms with E-state index < -0.39 is 0 Å². The first-order valence-electron chi connectivity index (χ1n) is 8.32. The summed E-state index contributed by atoms with van der Waals surface area (Å²) in [6.07, 6.45) is 0.326. The van der Waals surface area contributed by atoms with Gasteiger partial charge in [-0.05, 0) is 17.7 Å². The highest BCUT2D eigenvalue weighted by molar-refractivity contribution is 6.07. The summed E-state index contributed by atoms with van der Waals surface area (Å²) >= 11 is 0. The number of hydrogen-bond donors (Lipinski definition) is 3. The van der Waals surface area contributed by atoms with Crippen LogP contribution in [0.2, 0.25) is 0 Å². The number of hydrogen-bond acceptors (Lipinski definition) is 5. The molecule has 134 valence electrons. The molecule has 6 heteroatoms. The Labute approximate surface area is 152 Å². The first-order chi connectivity index (χ1) is 12.5. The molecule has 0 heterocycles. The predicted octanol–water partition coefficient (Wildman–Crippen LogP) is 2.48. The second-order valence-corrected chi connectivity index (χ2v) is 6.32. The number of anilines is 1. The fourth-order valence-corrected chi connectivity index (χ4v) is 2.69. The number of phenols is 1. The lowest BCUT2D eigenvalue weighted by Gasteiger charge is -2.25. The summed E-state index contributed by atoms with van der Waals surface area (Å²) in [5, 5.41) is 16.6. The van der Waals surface area contributed by atoms with Crippen molar-refractivity contribution in [3.05, 3.63) is 71.1 Å². The van der Waals surface area contributed by atoms with E-state index in [2.05, 4.69) is 10.6 Å². The van der Waals surface area contributed by atoms with E-state index in [0.29, 0.717) is 24.4 Å². The third-order valence-electron chi connectivity index (χ3n) is 4.20. The maximum atomic E-state index is 12.1. The van der Waals surface area contributed by atoms with Crippen molar-refractivity contribution in [3.63, 3.8) is 0 Å². The average molecular weight is 351 g/mol. The molecule has 0 aliphatic heterocycles. The van der Waals surface area contributed by atoms with Crippen molar-refractivity contribution >= 4 is 17.4 Å². The van der Waals surface area contributed by atoms with Crippen LogP contribution in [0.4, 0.5) is 5.69 Å². The zero-order valence-electron chi connectivity index (χ0n) is 14.7. The van der Waals surface area contributed by atoms with Crippen LogP contribution in [0.3, 0.4) is 0 Å². The van der Waals surface area contributed by atoms with Crippen molar-refractivity contribution in [2.75, 3.05) is 19.4 Å². The highest BCUT2D eigenvalue weighted by Gasteiger charge is 2.28. The minimum atomic E-state index is -0.303. The molecular formula is C20H21N3O3. The molecule has 1 aliphatic rings. The molecule has 0 saturated heterocycles. The lowest BCUT2D eigenvalue weighted by molar-refractivity contribution is -0.116. The van der Waals surface area contributed by atoms with Crippen LogP contribution < -0.4 is 10.6 Å². The summed E-state index contributed by atoms with van der Waals surface area (Å²) in [7, 11) is 3.23. The smallest absolute Gasteiger partial charge is 0.257 e. The highest BCUT2D eigenvalue weighted by Crippen LogP contribution is 2.32. The van der Waals surface area contributed by atoms with Crippen LogP contribution in [0, 0.1) is 0 Å². The van der Waals surface area contributed by atoms with Crippen LogP contribution in [0.5, 0.6) is 5.75 Å². The number of phenolic OH excluding ortho intramolecular Hbond substituents is 1. The van der Waals surface area contributed by atoms with Gasteiger partial charge in [-0.1, -0.05) is 36.4 Å². The summed E-state index contributed by atoms with van der Waals surface area (Å²) in [6, 6.07) is 14.7. The van der Waals surface area contributed by atoms with Gasteiger partial charge >= 0.3 is 0 Å². The lowest BCUT2D eigenvalue weighted by atomic mass is 9.98. The molecule has 0 unspecified atom stereocenters. The molecule has 3 N–H and O–H groups in total. The number of Topliss-reactive ketones (excluding diaryl/α,β-unsaturated/α-hetero) is 1. The van der Waals surface area contributed by atoms with Gasteiger partial charge in [-0.15, -0.1) is 0 Å². The first-order valence-corrected chi connectivity index (χ1v) is 8.32. The van der Waals surface area contributed by atoms with Crippen molar-refractivity contribution in [1.82, 2.24) is 10.2 Å². The van der Waals surface area contributed by atoms with E-state index in [9.17, 15) is 14.7 Å². The summed E-state index contributed by atoms with van der Waals surface area (Å²) in [4.78, 5) is 25.5. The van der Waals surface area contributed by atoms with E-state index in [-0.39, 0.29) is 23.0 Å². The molecule has 3 rings (SSSR count). The Morgan fingerprint density at radius 1 is 1.12 bits per heavy atom. The normalized spacial score (nSPS) is 13.2. The SMILES string of the molecule is CN(C)C(=O)c1cccc(NC2=C(NCc3ccccc3)CC2=O)c1O. The van der Waals surface area contributed by atoms with E-state index in [1.54, 1.807) is 32.3 Å². The summed E-state index contributed by atoms with van der Waals surface area (Å²) in [6.45, 7) is 0.611. The number of nitrogens with zero attached hydrogens (tertiary/aromatic N) is 1. The standard InChI is InChI=1S/C20H21N3O3/c1-23(2)20(26)14-9-6-10-15(19(14)25)22-18-16(11-17(18)24)21-12-13-7-4-3-5-8-13/h3-10,21-22,25H,11-12H2,1-2H3. The van der Waals surface area contributed by atoms with Gasteiger partial charge in [-0.3, -0.25) is 9.59 Å². The van der Waals surface area contributed by atoms with Crippen LogP contribution in [0.1, 0.15) is 22.3 Å². The minimum absolute atomic E-state index is 0.0377. The van der Waals surface area contributed by atoms with Crippen LogP contribution >= 0.6 is 0 Å². The van der Waals surface area contributed by atoms with Crippen molar-refractivity contribution in [2.45, 2.75) is 13.0 Å². The second kappa shape index (κ2) is 7.31. The van der Waals surface area contributed by atoms with Gasteiger partial charge < -0.3 is 20.6 Å². The number of aromatic hydroxyl groups is 1. The molecule has 0 fully saturated rings. The van der Waals surface area contributed by atoms with Crippen LogP contribution in [-0.2, 0) is 11.3 Å². The molecular weight excluding hydrogens is 330 g/mol. The average Bonchev–Trinajstić information content (AvgIpc) is 2.64. The number of benzene rings is 2. The van der Waals surface area contributed by atoms with E-state index in [0.717, 1.165) is 11.3 Å². The monoisotopic (exact) mass is 351 g/mol. The Balaban J connectivity index is 1.78. The molecule has 26 heavy (non-hydrogen) atoms. The second-order valence-electron chi connectivity index (χ2n) is 6.32. The topological polar surface area (TPSA) is 81.7 Å². The van der Waals surface area contributed by atoms with Gasteiger partial charge in [0.05, 0.1) is 17.7 Å². The van der Waals surface area contributed by atoms with Crippen LogP contribution in [-0.4, -0.2) is 35.8 Å². The fourth-order valence-electron chi connectivity index (χ4n) is 2.69. The van der Waals surface area contributed by atoms with Gasteiger partial charge in [0.2, 0.25) is 0 Å². The number of allylic oxidation sites excluding steroid dienone is 2. The minimum Gasteiger partial charge on any atom is -0.505 e. The largest absolute Gasteiger partial charge is 0.505 e. The Kier molecular flexibility index (Phi) is 4.93. The number of carbonyl (C=O) groups excluding carboxylic acids is 2.